The number of fused-ring (bicyclic) bond motifs is 2. The highest BCUT2D eigenvalue weighted by atomic mass is 16.5. The summed E-state index contributed by atoms with van der Waals surface area (Å²) in [6, 6.07) is 6.39. The van der Waals surface area contributed by atoms with Crippen LogP contribution in [-0.2, 0) is 11.3 Å². The number of methoxy groups -OCH3 is 1. The van der Waals surface area contributed by atoms with E-state index in [1.807, 2.05) is 0 Å². The Balaban J connectivity index is 1.87. The molecule has 3 aromatic heterocycles. The van der Waals surface area contributed by atoms with Gasteiger partial charge in [-0.05, 0) is 31.5 Å². The molecule has 9 nitrogen and oxygen atoms in total. The summed E-state index contributed by atoms with van der Waals surface area (Å²) in [7, 11) is 1.51. The van der Waals surface area contributed by atoms with Crippen molar-refractivity contribution in [1.82, 2.24) is 9.55 Å². The van der Waals surface area contributed by atoms with Gasteiger partial charge in [0.15, 0.2) is 0 Å². The van der Waals surface area contributed by atoms with Gasteiger partial charge in [0.2, 0.25) is 5.71 Å². The van der Waals surface area contributed by atoms with Crippen molar-refractivity contribution >= 4 is 28.0 Å². The highest BCUT2D eigenvalue weighted by molar-refractivity contribution is 6.03. The van der Waals surface area contributed by atoms with Gasteiger partial charge < -0.3 is 18.3 Å². The predicted molar refractivity (Wildman–Crippen MR) is 107 cm³/mol. The van der Waals surface area contributed by atoms with Crippen LogP contribution in [0.1, 0.15) is 28.6 Å². The molecule has 0 amide bonds. The zero-order valence-electron chi connectivity index (χ0n) is 16.6. The highest BCUT2D eigenvalue weighted by Crippen LogP contribution is 2.24. The third-order valence-electron chi connectivity index (χ3n) is 4.71. The lowest BCUT2D eigenvalue weighted by atomic mass is 10.1. The average Bonchev–Trinajstić information content (AvgIpc) is 3.06. The van der Waals surface area contributed by atoms with E-state index >= 15 is 0 Å². The van der Waals surface area contributed by atoms with Crippen LogP contribution < -0.4 is 15.9 Å². The lowest BCUT2D eigenvalue weighted by Gasteiger charge is -2.09. The molecule has 9 heteroatoms. The molecule has 0 saturated carbocycles. The van der Waals surface area contributed by atoms with Crippen LogP contribution in [0.2, 0.25) is 0 Å². The molecule has 0 saturated heterocycles. The van der Waals surface area contributed by atoms with Crippen molar-refractivity contribution in [1.29, 1.82) is 0 Å². The van der Waals surface area contributed by atoms with Gasteiger partial charge in [-0.3, -0.25) is 9.36 Å². The zero-order chi connectivity index (χ0) is 21.4. The van der Waals surface area contributed by atoms with Crippen molar-refractivity contribution in [2.75, 3.05) is 13.7 Å². The monoisotopic (exact) mass is 410 g/mol. The van der Waals surface area contributed by atoms with Gasteiger partial charge in [0.1, 0.15) is 34.4 Å². The Labute approximate surface area is 169 Å². The van der Waals surface area contributed by atoms with Gasteiger partial charge in [-0.15, -0.1) is 0 Å². The van der Waals surface area contributed by atoms with Gasteiger partial charge >= 0.3 is 11.6 Å². The number of ether oxygens (including phenoxy) is 2. The summed E-state index contributed by atoms with van der Waals surface area (Å²) in [5, 5.41) is 0.693. The number of hydrogen-bond donors (Lipinski definition) is 0. The molecule has 0 aliphatic carbocycles. The number of benzene rings is 1. The van der Waals surface area contributed by atoms with Crippen LogP contribution in [-0.4, -0.2) is 29.2 Å². The van der Waals surface area contributed by atoms with Gasteiger partial charge in [0, 0.05) is 17.5 Å². The Morgan fingerprint density at radius 3 is 2.73 bits per heavy atom. The topological polar surface area (TPSA) is 114 Å². The maximum atomic E-state index is 13.1. The summed E-state index contributed by atoms with van der Waals surface area (Å²) in [4.78, 5) is 41.6. The fourth-order valence-electron chi connectivity index (χ4n) is 3.35. The number of carbonyl (C=O) groups is 1. The Kier molecular flexibility index (Phi) is 4.86. The summed E-state index contributed by atoms with van der Waals surface area (Å²) < 4.78 is 22.2. The van der Waals surface area contributed by atoms with Crippen molar-refractivity contribution in [3.63, 3.8) is 0 Å². The molecule has 3 heterocycles. The molecular weight excluding hydrogens is 392 g/mol. The summed E-state index contributed by atoms with van der Waals surface area (Å²) in [6.45, 7) is 3.45. The van der Waals surface area contributed by atoms with E-state index in [9.17, 15) is 14.4 Å². The predicted octanol–water partition coefficient (Wildman–Crippen LogP) is 2.64. The van der Waals surface area contributed by atoms with Crippen molar-refractivity contribution < 1.29 is 23.1 Å². The fourth-order valence-corrected chi connectivity index (χ4v) is 3.35. The van der Waals surface area contributed by atoms with Crippen molar-refractivity contribution in [2.45, 2.75) is 20.4 Å². The Hall–Kier alpha value is -3.88. The van der Waals surface area contributed by atoms with E-state index in [-0.39, 0.29) is 35.6 Å². The number of esters is 1. The molecule has 0 spiro atoms. The molecule has 4 rings (SSSR count). The molecule has 0 radical (unpaired) electrons. The molecule has 0 fully saturated rings. The fraction of sp³-hybridized carbons (Fsp3) is 0.238. The summed E-state index contributed by atoms with van der Waals surface area (Å²) in [5.41, 5.74) is -0.0239. The van der Waals surface area contributed by atoms with E-state index in [0.717, 1.165) is 0 Å². The number of rotatable bonds is 5. The molecule has 0 atom stereocenters. The second-order valence-electron chi connectivity index (χ2n) is 6.56. The Morgan fingerprint density at radius 2 is 2.00 bits per heavy atom. The minimum atomic E-state index is -0.650. The molecule has 0 unspecified atom stereocenters. The minimum absolute atomic E-state index is 0.0439. The Morgan fingerprint density at radius 1 is 1.20 bits per heavy atom. The molecule has 0 bridgehead atoms. The molecule has 4 aromatic rings. The van der Waals surface area contributed by atoms with Gasteiger partial charge in [-0.25, -0.2) is 14.6 Å². The van der Waals surface area contributed by atoms with Crippen LogP contribution in [0.25, 0.3) is 22.1 Å². The van der Waals surface area contributed by atoms with E-state index in [1.165, 1.54) is 24.1 Å². The lowest BCUT2D eigenvalue weighted by Crippen LogP contribution is -2.23. The number of aromatic nitrogens is 2. The van der Waals surface area contributed by atoms with Gasteiger partial charge in [0.25, 0.3) is 5.56 Å². The van der Waals surface area contributed by atoms with Crippen LogP contribution >= 0.6 is 0 Å². The van der Waals surface area contributed by atoms with Gasteiger partial charge in [0.05, 0.1) is 20.3 Å². The molecular formula is C21H18N2O7. The lowest BCUT2D eigenvalue weighted by molar-refractivity contribution is 0.0526. The highest BCUT2D eigenvalue weighted by Gasteiger charge is 2.24. The van der Waals surface area contributed by atoms with Crippen molar-refractivity contribution in [3.8, 4) is 5.75 Å². The second-order valence-corrected chi connectivity index (χ2v) is 6.56. The number of furan rings is 1. The summed E-state index contributed by atoms with van der Waals surface area (Å²) in [6.07, 6.45) is 1.31. The molecule has 0 aliphatic heterocycles. The summed E-state index contributed by atoms with van der Waals surface area (Å²) in [5.74, 6) is 0.142. The zero-order valence-corrected chi connectivity index (χ0v) is 16.6. The largest absolute Gasteiger partial charge is 0.497 e. The van der Waals surface area contributed by atoms with Gasteiger partial charge in [-0.1, -0.05) is 0 Å². The average molecular weight is 410 g/mol. The van der Waals surface area contributed by atoms with Gasteiger partial charge in [-0.2, -0.15) is 0 Å². The minimum Gasteiger partial charge on any atom is -0.497 e. The molecule has 1 aromatic carbocycles. The first kappa shape index (κ1) is 19.4. The summed E-state index contributed by atoms with van der Waals surface area (Å²) >= 11 is 0. The first-order valence-electron chi connectivity index (χ1n) is 9.19. The smallest absolute Gasteiger partial charge is 0.342 e. The molecule has 0 aliphatic rings. The molecule has 0 N–H and O–H groups in total. The van der Waals surface area contributed by atoms with Crippen molar-refractivity contribution in [3.05, 3.63) is 68.3 Å². The van der Waals surface area contributed by atoms with E-state index < -0.39 is 17.2 Å². The van der Waals surface area contributed by atoms with E-state index in [4.69, 9.17) is 18.3 Å². The van der Waals surface area contributed by atoms with Crippen LogP contribution in [0.5, 0.6) is 5.75 Å². The molecule has 30 heavy (non-hydrogen) atoms. The number of nitrogens with zero attached hydrogens (tertiary/aromatic N) is 2. The van der Waals surface area contributed by atoms with Crippen molar-refractivity contribution in [2.24, 2.45) is 0 Å². The Bertz CT molecular complexity index is 1390. The molecule has 154 valence electrons. The standard InChI is InChI=1S/C21H18N2O7/c1-4-28-21(26)17-11(2)29-19-18(17)20(25)23(10-22-19)9-12-7-16(24)30-15-8-13(27-3)5-6-14(12)15/h5-8,10H,4,9H2,1-3H3. The maximum Gasteiger partial charge on any atom is 0.342 e. The van der Waals surface area contributed by atoms with E-state index in [1.54, 1.807) is 32.0 Å². The quantitative estimate of drug-likeness (QED) is 0.364. The second kappa shape index (κ2) is 7.51. The number of aryl methyl sites for hydroxylation is 1. The van der Waals surface area contributed by atoms with E-state index in [2.05, 4.69) is 4.98 Å². The SMILES string of the molecule is CCOC(=O)c1c(C)oc2ncn(Cc3cc(=O)oc4cc(OC)ccc34)c(=O)c12. The van der Waals surface area contributed by atoms with Crippen LogP contribution in [0.15, 0.2) is 49.0 Å². The number of carbonyl (C=O) groups excluding carboxylic acids is 1. The first-order chi connectivity index (χ1) is 14.4. The van der Waals surface area contributed by atoms with Crippen LogP contribution in [0, 0.1) is 6.92 Å². The van der Waals surface area contributed by atoms with E-state index in [0.29, 0.717) is 22.3 Å². The first-order valence-corrected chi connectivity index (χ1v) is 9.19. The maximum absolute atomic E-state index is 13.1. The van der Waals surface area contributed by atoms with Crippen LogP contribution in [0.3, 0.4) is 0 Å². The van der Waals surface area contributed by atoms with Crippen LogP contribution in [0.4, 0.5) is 0 Å². The normalized spacial score (nSPS) is 11.2. The third-order valence-corrected chi connectivity index (χ3v) is 4.71. The number of hydrogen-bond acceptors (Lipinski definition) is 8. The third kappa shape index (κ3) is 3.24.